The molecule has 0 aromatic rings. The van der Waals surface area contributed by atoms with Crippen molar-refractivity contribution >= 4 is 39.8 Å². The lowest BCUT2D eigenvalue weighted by Crippen LogP contribution is -2.36. The van der Waals surface area contributed by atoms with Crippen LogP contribution >= 0.6 is 24.0 Å². The maximum Gasteiger partial charge on any atom is 0.188 e. The standard InChI is InChI=1S/C10H21N3O3S.HI/c1-16-6-5-12-10(11)13-8-9-4-2-3-7-17(9,14)15;/h9H,2-8H2,1H3,(H3,11,12,13);1H. The normalized spacial score (nSPS) is 23.2. The minimum absolute atomic E-state index is 0. The van der Waals surface area contributed by atoms with Crippen molar-refractivity contribution in [2.45, 2.75) is 24.5 Å². The van der Waals surface area contributed by atoms with Gasteiger partial charge in [-0.2, -0.15) is 0 Å². The molecule has 108 valence electrons. The Labute approximate surface area is 126 Å². The lowest BCUT2D eigenvalue weighted by Gasteiger charge is -2.20. The summed E-state index contributed by atoms with van der Waals surface area (Å²) in [7, 11) is -1.36. The number of halogens is 1. The summed E-state index contributed by atoms with van der Waals surface area (Å²) in [5, 5.41) is 2.50. The minimum atomic E-state index is -2.96. The van der Waals surface area contributed by atoms with Gasteiger partial charge < -0.3 is 15.8 Å². The Bertz CT molecular complexity index is 359. The molecular formula is C10H22IN3O3S. The van der Waals surface area contributed by atoms with Gasteiger partial charge in [-0.15, -0.1) is 24.0 Å². The van der Waals surface area contributed by atoms with Crippen LogP contribution in [0.2, 0.25) is 0 Å². The van der Waals surface area contributed by atoms with E-state index in [1.807, 2.05) is 0 Å². The van der Waals surface area contributed by atoms with Crippen molar-refractivity contribution in [1.29, 1.82) is 0 Å². The molecular weight excluding hydrogens is 369 g/mol. The first-order valence-corrected chi connectivity index (χ1v) is 7.52. The van der Waals surface area contributed by atoms with E-state index in [1.165, 1.54) is 0 Å². The number of guanidine groups is 1. The smallest absolute Gasteiger partial charge is 0.188 e. The van der Waals surface area contributed by atoms with Gasteiger partial charge in [-0.1, -0.05) is 6.42 Å². The number of hydrogen-bond acceptors (Lipinski definition) is 4. The summed E-state index contributed by atoms with van der Waals surface area (Å²) < 4.78 is 28.3. The molecule has 0 amide bonds. The summed E-state index contributed by atoms with van der Waals surface area (Å²) in [6.45, 7) is 1.37. The van der Waals surface area contributed by atoms with Crippen molar-refractivity contribution in [2.75, 3.05) is 32.6 Å². The van der Waals surface area contributed by atoms with E-state index >= 15 is 0 Å². The van der Waals surface area contributed by atoms with Gasteiger partial charge in [-0.05, 0) is 12.8 Å². The number of aliphatic imine (C=N–C) groups is 1. The van der Waals surface area contributed by atoms with Crippen LogP contribution in [-0.4, -0.2) is 52.2 Å². The van der Waals surface area contributed by atoms with E-state index in [9.17, 15) is 8.42 Å². The van der Waals surface area contributed by atoms with Crippen LogP contribution in [0.3, 0.4) is 0 Å². The first kappa shape index (κ1) is 17.9. The highest BCUT2D eigenvalue weighted by Crippen LogP contribution is 2.19. The molecule has 1 unspecified atom stereocenters. The zero-order chi connectivity index (χ0) is 12.7. The third kappa shape index (κ3) is 6.19. The lowest BCUT2D eigenvalue weighted by atomic mass is 10.2. The van der Waals surface area contributed by atoms with Gasteiger partial charge in [0.2, 0.25) is 0 Å². The summed E-state index contributed by atoms with van der Waals surface area (Å²) in [4.78, 5) is 4.06. The molecule has 0 bridgehead atoms. The fourth-order valence-electron chi connectivity index (χ4n) is 1.76. The van der Waals surface area contributed by atoms with E-state index in [2.05, 4.69) is 10.3 Å². The summed E-state index contributed by atoms with van der Waals surface area (Å²) in [5.41, 5.74) is 5.61. The SMILES string of the molecule is COCCNC(N)=NCC1CCCCS1(=O)=O.I. The van der Waals surface area contributed by atoms with E-state index < -0.39 is 9.84 Å². The van der Waals surface area contributed by atoms with Crippen molar-refractivity contribution in [3.8, 4) is 0 Å². The molecule has 1 aliphatic heterocycles. The topological polar surface area (TPSA) is 93.8 Å². The van der Waals surface area contributed by atoms with Crippen molar-refractivity contribution in [1.82, 2.24) is 5.32 Å². The summed E-state index contributed by atoms with van der Waals surface area (Å²) >= 11 is 0. The van der Waals surface area contributed by atoms with E-state index in [1.54, 1.807) is 7.11 Å². The molecule has 1 aliphatic rings. The first-order chi connectivity index (χ1) is 8.06. The van der Waals surface area contributed by atoms with E-state index in [-0.39, 0.29) is 47.5 Å². The highest BCUT2D eigenvalue weighted by Gasteiger charge is 2.28. The van der Waals surface area contributed by atoms with Gasteiger partial charge in [-0.3, -0.25) is 4.99 Å². The van der Waals surface area contributed by atoms with Crippen molar-refractivity contribution in [3.05, 3.63) is 0 Å². The summed E-state index contributed by atoms with van der Waals surface area (Å²) in [6.07, 6.45) is 2.41. The Morgan fingerprint density at radius 1 is 1.50 bits per heavy atom. The zero-order valence-corrected chi connectivity index (χ0v) is 13.7. The molecule has 1 rings (SSSR count). The van der Waals surface area contributed by atoms with Crippen molar-refractivity contribution in [3.63, 3.8) is 0 Å². The number of nitrogens with two attached hydrogens (primary N) is 1. The second-order valence-electron chi connectivity index (χ2n) is 4.13. The van der Waals surface area contributed by atoms with Gasteiger partial charge >= 0.3 is 0 Å². The maximum atomic E-state index is 11.7. The Kier molecular flexibility index (Phi) is 8.87. The molecule has 0 aromatic heterocycles. The first-order valence-electron chi connectivity index (χ1n) is 5.80. The van der Waals surface area contributed by atoms with Crippen LogP contribution in [0.15, 0.2) is 4.99 Å². The Hall–Kier alpha value is -0.0900. The third-order valence-corrected chi connectivity index (χ3v) is 5.05. The highest BCUT2D eigenvalue weighted by atomic mass is 127. The highest BCUT2D eigenvalue weighted by molar-refractivity contribution is 14.0. The largest absolute Gasteiger partial charge is 0.383 e. The van der Waals surface area contributed by atoms with Crippen LogP contribution in [0.5, 0.6) is 0 Å². The van der Waals surface area contributed by atoms with E-state index in [0.29, 0.717) is 19.6 Å². The van der Waals surface area contributed by atoms with Crippen LogP contribution in [0.1, 0.15) is 19.3 Å². The quantitative estimate of drug-likeness (QED) is 0.301. The molecule has 18 heavy (non-hydrogen) atoms. The van der Waals surface area contributed by atoms with Gasteiger partial charge in [0.15, 0.2) is 15.8 Å². The third-order valence-electron chi connectivity index (χ3n) is 2.79. The number of sulfone groups is 1. The average Bonchev–Trinajstić information content (AvgIpc) is 2.27. The zero-order valence-electron chi connectivity index (χ0n) is 10.6. The monoisotopic (exact) mass is 391 g/mol. The van der Waals surface area contributed by atoms with Gasteiger partial charge in [0.25, 0.3) is 0 Å². The minimum Gasteiger partial charge on any atom is -0.383 e. The molecule has 1 heterocycles. The van der Waals surface area contributed by atoms with Crippen LogP contribution in [0.25, 0.3) is 0 Å². The van der Waals surface area contributed by atoms with Crippen LogP contribution < -0.4 is 11.1 Å². The molecule has 1 fully saturated rings. The summed E-state index contributed by atoms with van der Waals surface area (Å²) in [6, 6.07) is 0. The van der Waals surface area contributed by atoms with Gasteiger partial charge in [-0.25, -0.2) is 8.42 Å². The molecule has 6 nitrogen and oxygen atoms in total. The molecule has 3 N–H and O–H groups in total. The predicted molar refractivity (Wildman–Crippen MR) is 83.2 cm³/mol. The van der Waals surface area contributed by atoms with Gasteiger partial charge in [0.1, 0.15) is 0 Å². The lowest BCUT2D eigenvalue weighted by molar-refractivity contribution is 0.204. The second-order valence-corrected chi connectivity index (χ2v) is 6.53. The van der Waals surface area contributed by atoms with Crippen molar-refractivity contribution < 1.29 is 13.2 Å². The Morgan fingerprint density at radius 2 is 2.22 bits per heavy atom. The molecule has 1 saturated heterocycles. The van der Waals surface area contributed by atoms with Gasteiger partial charge in [0, 0.05) is 13.7 Å². The van der Waals surface area contributed by atoms with Gasteiger partial charge in [0.05, 0.1) is 24.2 Å². The number of methoxy groups -OCH3 is 1. The number of nitrogens with one attached hydrogen (secondary N) is 1. The van der Waals surface area contributed by atoms with Crippen molar-refractivity contribution in [2.24, 2.45) is 10.7 Å². The number of hydrogen-bond donors (Lipinski definition) is 2. The van der Waals surface area contributed by atoms with Crippen LogP contribution in [0.4, 0.5) is 0 Å². The number of rotatable bonds is 5. The summed E-state index contributed by atoms with van der Waals surface area (Å²) in [5.74, 6) is 0.562. The molecule has 0 aliphatic carbocycles. The molecule has 0 radical (unpaired) electrons. The number of ether oxygens (including phenoxy) is 1. The molecule has 0 spiro atoms. The van der Waals surface area contributed by atoms with Crippen LogP contribution in [0, 0.1) is 0 Å². The Balaban J connectivity index is 0.00000289. The molecule has 1 atom stereocenters. The maximum absolute atomic E-state index is 11.7. The predicted octanol–water partition coefficient (Wildman–Crippen LogP) is 0.122. The average molecular weight is 391 g/mol. The van der Waals surface area contributed by atoms with E-state index in [0.717, 1.165) is 12.8 Å². The molecule has 0 aromatic carbocycles. The van der Waals surface area contributed by atoms with Crippen LogP contribution in [-0.2, 0) is 14.6 Å². The second kappa shape index (κ2) is 8.92. The number of nitrogens with zero attached hydrogens (tertiary/aromatic N) is 1. The molecule has 0 saturated carbocycles. The van der Waals surface area contributed by atoms with E-state index in [4.69, 9.17) is 10.5 Å². The fourth-order valence-corrected chi connectivity index (χ4v) is 3.53. The fraction of sp³-hybridized carbons (Fsp3) is 0.900. The molecule has 8 heteroatoms. The Morgan fingerprint density at radius 3 is 2.83 bits per heavy atom.